The average Bonchev–Trinajstić information content (AvgIpc) is 3.69. The minimum atomic E-state index is -1.28. The Morgan fingerprint density at radius 3 is 2.18 bits per heavy atom. The van der Waals surface area contributed by atoms with E-state index in [0.29, 0.717) is 31.0 Å². The summed E-state index contributed by atoms with van der Waals surface area (Å²) in [6.07, 6.45) is -2.31. The van der Waals surface area contributed by atoms with Gasteiger partial charge in [0.2, 0.25) is 17.7 Å². The molecular weight excluding hydrogens is 656 g/mol. The van der Waals surface area contributed by atoms with E-state index in [0.717, 1.165) is 5.75 Å². The largest absolute Gasteiger partial charge is 0.444 e. The van der Waals surface area contributed by atoms with Crippen LogP contribution in [0.1, 0.15) is 74.7 Å². The third-order valence-electron chi connectivity index (χ3n) is 7.89. The molecule has 16 heteroatoms. The van der Waals surface area contributed by atoms with E-state index in [1.54, 1.807) is 6.92 Å². The van der Waals surface area contributed by atoms with Crippen LogP contribution in [-0.4, -0.2) is 115 Å². The van der Waals surface area contributed by atoms with Gasteiger partial charge in [-0.05, 0) is 37.5 Å². The van der Waals surface area contributed by atoms with Crippen LogP contribution >= 0.6 is 11.8 Å². The van der Waals surface area contributed by atoms with Gasteiger partial charge in [-0.1, -0.05) is 48.5 Å². The van der Waals surface area contributed by atoms with Crippen LogP contribution in [0.4, 0.5) is 9.59 Å². The molecule has 1 unspecified atom stereocenters. The molecule has 0 aromatic rings. The molecule has 0 aromatic carbocycles. The van der Waals surface area contributed by atoms with Crippen molar-refractivity contribution >= 4 is 46.7 Å². The average molecular weight is 715 g/mol. The normalized spacial score (nSPS) is 20.5. The van der Waals surface area contributed by atoms with E-state index in [9.17, 15) is 29.1 Å². The number of carbonyl (C=O) groups excluding carboxylic acids is 5. The topological polar surface area (TPSA) is 206 Å². The van der Waals surface area contributed by atoms with E-state index in [-0.39, 0.29) is 55.9 Å². The third kappa shape index (κ3) is 16.0. The molecule has 2 aliphatic rings. The Morgan fingerprint density at radius 2 is 1.61 bits per heavy atom. The second-order valence-electron chi connectivity index (χ2n) is 14.0. The van der Waals surface area contributed by atoms with Crippen LogP contribution in [0, 0.1) is 23.7 Å². The van der Waals surface area contributed by atoms with Crippen molar-refractivity contribution < 1.29 is 43.3 Å². The van der Waals surface area contributed by atoms with E-state index < -0.39 is 60.3 Å². The molecule has 49 heavy (non-hydrogen) atoms. The molecule has 0 aliphatic carbocycles. The van der Waals surface area contributed by atoms with Crippen LogP contribution < -0.4 is 26.6 Å². The third-order valence-corrected chi connectivity index (χ3v) is 9.10. The van der Waals surface area contributed by atoms with Gasteiger partial charge in [0, 0.05) is 24.6 Å². The van der Waals surface area contributed by atoms with Gasteiger partial charge in [0.05, 0.1) is 37.9 Å². The standard InChI is InChI=1S/C33H58N6O9S/c1-18(2)11-24(26(40)12-21(7)29(41)39-28(20(5)6)31(43)34-13-19(3)4)37-30(42)25(14-35-32(44)48-23-9-10-46-15-23)38-33(45)47-16-27-36-22(8)17-49-27/h18-26,28,40H,9-17H2,1-8H3,(H,34,43)(H,35,44)(H,37,42)(H,38,45)(H,39,41)/t21-,22?,23+,24+,25+,26+,28+/m1/s1. The Labute approximate surface area is 294 Å². The van der Waals surface area contributed by atoms with Gasteiger partial charge in [0.15, 0.2) is 0 Å². The monoisotopic (exact) mass is 714 g/mol. The van der Waals surface area contributed by atoms with Gasteiger partial charge < -0.3 is 45.9 Å². The van der Waals surface area contributed by atoms with Crippen LogP contribution in [0.3, 0.4) is 0 Å². The van der Waals surface area contributed by atoms with Gasteiger partial charge in [-0.15, -0.1) is 11.8 Å². The first-order valence-electron chi connectivity index (χ1n) is 17.3. The highest BCUT2D eigenvalue weighted by atomic mass is 32.2. The van der Waals surface area contributed by atoms with E-state index >= 15 is 0 Å². The summed E-state index contributed by atoms with van der Waals surface area (Å²) < 4.78 is 15.8. The van der Waals surface area contributed by atoms with Crippen LogP contribution in [0.25, 0.3) is 0 Å². The number of nitrogens with one attached hydrogen (secondary N) is 5. The Hall–Kier alpha value is -3.11. The molecule has 0 saturated carbocycles. The molecule has 1 fully saturated rings. The van der Waals surface area contributed by atoms with Gasteiger partial charge in [-0.25, -0.2) is 9.59 Å². The number of ether oxygens (including phenoxy) is 3. The summed E-state index contributed by atoms with van der Waals surface area (Å²) in [5.41, 5.74) is 0. The maximum absolute atomic E-state index is 13.6. The first kappa shape index (κ1) is 42.1. The van der Waals surface area contributed by atoms with Crippen molar-refractivity contribution in [2.24, 2.45) is 28.7 Å². The molecule has 0 radical (unpaired) electrons. The number of rotatable bonds is 19. The zero-order valence-corrected chi connectivity index (χ0v) is 31.0. The number of hydrogen-bond acceptors (Lipinski definition) is 11. The van der Waals surface area contributed by atoms with Crippen molar-refractivity contribution in [1.82, 2.24) is 26.6 Å². The number of amides is 5. The lowest BCUT2D eigenvalue weighted by molar-refractivity contribution is -0.132. The minimum Gasteiger partial charge on any atom is -0.444 e. The van der Waals surface area contributed by atoms with Crippen molar-refractivity contribution in [1.29, 1.82) is 0 Å². The fraction of sp³-hybridized carbons (Fsp3) is 0.818. The lowest BCUT2D eigenvalue weighted by Gasteiger charge is -2.30. The summed E-state index contributed by atoms with van der Waals surface area (Å²) in [5, 5.41) is 25.4. The molecule has 2 heterocycles. The zero-order chi connectivity index (χ0) is 36.7. The van der Waals surface area contributed by atoms with Crippen molar-refractivity contribution in [3.8, 4) is 0 Å². The summed E-state index contributed by atoms with van der Waals surface area (Å²) in [6, 6.07) is -2.70. The number of carbonyl (C=O) groups is 5. The quantitative estimate of drug-likeness (QED) is 0.115. The number of hydrogen-bond donors (Lipinski definition) is 6. The SMILES string of the molecule is CC(C)CNC(=O)[C@@H](NC(=O)[C@H](C)C[C@H](O)[C@H](CC(C)C)NC(=O)[C@H](CNC(=O)O[C@H]1CCOC1)NC(=O)OCC1=NC(C)CS1)C(C)C. The highest BCUT2D eigenvalue weighted by molar-refractivity contribution is 8.14. The van der Waals surface area contributed by atoms with Gasteiger partial charge >= 0.3 is 12.2 Å². The first-order chi connectivity index (χ1) is 23.0. The minimum absolute atomic E-state index is 0.00565. The van der Waals surface area contributed by atoms with Gasteiger partial charge in [0.25, 0.3) is 0 Å². The molecule has 15 nitrogen and oxygen atoms in total. The van der Waals surface area contributed by atoms with E-state index in [1.165, 1.54) is 11.8 Å². The summed E-state index contributed by atoms with van der Waals surface area (Å²) in [6.45, 7) is 15.9. The highest BCUT2D eigenvalue weighted by Gasteiger charge is 2.32. The van der Waals surface area contributed by atoms with Crippen molar-refractivity contribution in [2.75, 3.05) is 38.7 Å². The van der Waals surface area contributed by atoms with Crippen molar-refractivity contribution in [3.05, 3.63) is 0 Å². The fourth-order valence-corrected chi connectivity index (χ4v) is 6.01. The maximum atomic E-state index is 13.6. The van der Waals surface area contributed by atoms with Gasteiger partial charge in [0.1, 0.15) is 29.8 Å². The molecule has 2 rings (SSSR count). The molecule has 0 bridgehead atoms. The summed E-state index contributed by atoms with van der Waals surface area (Å²) in [5.74, 6) is -1.12. The maximum Gasteiger partial charge on any atom is 0.408 e. The second-order valence-corrected chi connectivity index (χ2v) is 15.1. The number of nitrogens with zero attached hydrogens (tertiary/aromatic N) is 1. The molecule has 6 N–H and O–H groups in total. The highest BCUT2D eigenvalue weighted by Crippen LogP contribution is 2.18. The van der Waals surface area contributed by atoms with Crippen molar-refractivity contribution in [2.45, 2.75) is 111 Å². The zero-order valence-electron chi connectivity index (χ0n) is 30.2. The molecule has 1 saturated heterocycles. The molecular formula is C33H58N6O9S. The molecule has 0 spiro atoms. The van der Waals surface area contributed by atoms with E-state index in [4.69, 9.17) is 14.2 Å². The number of aliphatic hydroxyl groups is 1. The molecule has 7 atom stereocenters. The molecule has 5 amide bonds. The van der Waals surface area contributed by atoms with Crippen LogP contribution in [0.2, 0.25) is 0 Å². The predicted molar refractivity (Wildman–Crippen MR) is 187 cm³/mol. The molecule has 2 aliphatic heterocycles. The number of aliphatic hydroxyl groups excluding tert-OH is 1. The fourth-order valence-electron chi connectivity index (χ4n) is 5.10. The van der Waals surface area contributed by atoms with E-state index in [2.05, 4.69) is 31.6 Å². The summed E-state index contributed by atoms with van der Waals surface area (Å²) in [4.78, 5) is 69.1. The second kappa shape index (κ2) is 21.2. The lowest BCUT2D eigenvalue weighted by Crippen LogP contribution is -2.57. The molecule has 280 valence electrons. The Morgan fingerprint density at radius 1 is 0.898 bits per heavy atom. The van der Waals surface area contributed by atoms with Crippen molar-refractivity contribution in [3.63, 3.8) is 0 Å². The van der Waals surface area contributed by atoms with Gasteiger partial charge in [-0.3, -0.25) is 19.4 Å². The predicted octanol–water partition coefficient (Wildman–Crippen LogP) is 1.96. The summed E-state index contributed by atoms with van der Waals surface area (Å²) >= 11 is 1.49. The molecule has 0 aromatic heterocycles. The number of aliphatic imine (C=N–C) groups is 1. The van der Waals surface area contributed by atoms with Crippen LogP contribution in [0.15, 0.2) is 4.99 Å². The van der Waals surface area contributed by atoms with Gasteiger partial charge in [-0.2, -0.15) is 0 Å². The Balaban J connectivity index is 2.08. The Kier molecular flexibility index (Phi) is 18.2. The van der Waals surface area contributed by atoms with Crippen LogP contribution in [-0.2, 0) is 28.6 Å². The van der Waals surface area contributed by atoms with Crippen LogP contribution in [0.5, 0.6) is 0 Å². The summed E-state index contributed by atoms with van der Waals surface area (Å²) in [7, 11) is 0. The first-order valence-corrected chi connectivity index (χ1v) is 18.3. The number of alkyl carbamates (subject to hydrolysis) is 2. The lowest BCUT2D eigenvalue weighted by atomic mass is 9.91. The van der Waals surface area contributed by atoms with E-state index in [1.807, 2.05) is 48.5 Å². The smallest absolute Gasteiger partial charge is 0.408 e. The number of thioether (sulfide) groups is 1. The Bertz CT molecular complexity index is 1130.